The summed E-state index contributed by atoms with van der Waals surface area (Å²) in [6.07, 6.45) is -3.57. The standard InChI is InChI=1S/C11H9ClF3N3O3S/c1-2-22(19,20)21-10-8(12)9(11(13,14)15)17-18(10)7-5-3-4-6-16-7/h3-6H,2H2,1H3. The van der Waals surface area contributed by atoms with E-state index in [1.54, 1.807) is 0 Å². The number of hydrogen-bond donors (Lipinski definition) is 0. The molecule has 0 fully saturated rings. The van der Waals surface area contributed by atoms with Crippen molar-refractivity contribution in [3.05, 3.63) is 35.1 Å². The van der Waals surface area contributed by atoms with Gasteiger partial charge in [-0.2, -0.15) is 31.4 Å². The third-order valence-electron chi connectivity index (χ3n) is 2.48. The Bertz CT molecular complexity index is 775. The van der Waals surface area contributed by atoms with E-state index in [9.17, 15) is 21.6 Å². The third kappa shape index (κ3) is 3.33. The van der Waals surface area contributed by atoms with Gasteiger partial charge in [0.25, 0.3) is 5.88 Å². The van der Waals surface area contributed by atoms with Gasteiger partial charge in [0.2, 0.25) is 0 Å². The van der Waals surface area contributed by atoms with E-state index in [4.69, 9.17) is 11.6 Å². The van der Waals surface area contributed by atoms with Crippen LogP contribution >= 0.6 is 11.6 Å². The van der Waals surface area contributed by atoms with Crippen LogP contribution in [0.4, 0.5) is 13.2 Å². The van der Waals surface area contributed by atoms with E-state index < -0.39 is 38.6 Å². The van der Waals surface area contributed by atoms with Crippen LogP contribution in [-0.2, 0) is 16.3 Å². The van der Waals surface area contributed by atoms with Gasteiger partial charge in [-0.15, -0.1) is 0 Å². The zero-order valence-electron chi connectivity index (χ0n) is 11.0. The summed E-state index contributed by atoms with van der Waals surface area (Å²) in [5.74, 6) is -1.27. The van der Waals surface area contributed by atoms with Crippen LogP contribution in [0.2, 0.25) is 5.02 Å². The van der Waals surface area contributed by atoms with Gasteiger partial charge in [0, 0.05) is 6.20 Å². The van der Waals surface area contributed by atoms with Crippen molar-refractivity contribution in [1.82, 2.24) is 14.8 Å². The summed E-state index contributed by atoms with van der Waals surface area (Å²) in [5, 5.41) is 2.33. The molecule has 0 radical (unpaired) electrons. The Morgan fingerprint density at radius 2 is 2.05 bits per heavy atom. The van der Waals surface area contributed by atoms with Crippen molar-refractivity contribution in [3.63, 3.8) is 0 Å². The predicted octanol–water partition coefficient (Wildman–Crippen LogP) is 2.67. The second kappa shape index (κ2) is 5.76. The second-order valence-electron chi connectivity index (χ2n) is 3.99. The van der Waals surface area contributed by atoms with E-state index in [1.165, 1.54) is 31.3 Å². The predicted molar refractivity (Wildman–Crippen MR) is 71.5 cm³/mol. The molecule has 0 aliphatic heterocycles. The van der Waals surface area contributed by atoms with Crippen molar-refractivity contribution in [2.75, 3.05) is 5.75 Å². The van der Waals surface area contributed by atoms with Gasteiger partial charge in [-0.05, 0) is 19.1 Å². The van der Waals surface area contributed by atoms with Gasteiger partial charge in [0.1, 0.15) is 5.02 Å². The summed E-state index contributed by atoms with van der Waals surface area (Å²) >= 11 is 5.61. The zero-order chi connectivity index (χ0) is 16.5. The molecule has 2 aromatic rings. The van der Waals surface area contributed by atoms with Gasteiger partial charge in [-0.25, -0.2) is 4.98 Å². The molecule has 2 heterocycles. The smallest absolute Gasteiger partial charge is 0.360 e. The van der Waals surface area contributed by atoms with Gasteiger partial charge >= 0.3 is 16.3 Å². The van der Waals surface area contributed by atoms with Crippen LogP contribution in [0.5, 0.6) is 5.88 Å². The molecule has 0 saturated carbocycles. The van der Waals surface area contributed by atoms with Gasteiger partial charge in [-0.3, -0.25) is 0 Å². The Hall–Kier alpha value is -1.81. The molecule has 0 aliphatic carbocycles. The Balaban J connectivity index is 2.66. The highest BCUT2D eigenvalue weighted by Crippen LogP contribution is 2.40. The lowest BCUT2D eigenvalue weighted by Gasteiger charge is -2.07. The minimum Gasteiger partial charge on any atom is -0.360 e. The molecule has 0 aromatic carbocycles. The largest absolute Gasteiger partial charge is 0.436 e. The first-order chi connectivity index (χ1) is 10.2. The highest BCUT2D eigenvalue weighted by Gasteiger charge is 2.40. The van der Waals surface area contributed by atoms with Crippen LogP contribution in [0.3, 0.4) is 0 Å². The summed E-state index contributed by atoms with van der Waals surface area (Å²) < 4.78 is 67.0. The summed E-state index contributed by atoms with van der Waals surface area (Å²) in [5.41, 5.74) is -1.46. The molecule has 0 unspecified atom stereocenters. The van der Waals surface area contributed by atoms with Crippen LogP contribution in [0.1, 0.15) is 12.6 Å². The van der Waals surface area contributed by atoms with Crippen molar-refractivity contribution < 1.29 is 25.8 Å². The molecule has 0 bridgehead atoms. The lowest BCUT2D eigenvalue weighted by atomic mass is 10.4. The van der Waals surface area contributed by atoms with Gasteiger partial charge in [0.05, 0.1) is 5.75 Å². The maximum absolute atomic E-state index is 12.9. The molecular formula is C11H9ClF3N3O3S. The first-order valence-corrected chi connectivity index (χ1v) is 7.80. The van der Waals surface area contributed by atoms with Crippen molar-refractivity contribution in [2.24, 2.45) is 0 Å². The highest BCUT2D eigenvalue weighted by atomic mass is 35.5. The SMILES string of the molecule is CCS(=O)(=O)Oc1c(Cl)c(C(F)(F)F)nn1-c1ccccn1. The minimum atomic E-state index is -4.87. The van der Waals surface area contributed by atoms with Crippen LogP contribution in [0.25, 0.3) is 5.82 Å². The summed E-state index contributed by atoms with van der Waals surface area (Å²) in [6, 6.07) is 4.35. The van der Waals surface area contributed by atoms with Crippen LogP contribution in [0.15, 0.2) is 24.4 Å². The monoisotopic (exact) mass is 355 g/mol. The average Bonchev–Trinajstić information content (AvgIpc) is 2.77. The van der Waals surface area contributed by atoms with E-state index >= 15 is 0 Å². The minimum absolute atomic E-state index is 0.0683. The van der Waals surface area contributed by atoms with Crippen molar-refractivity contribution in [2.45, 2.75) is 13.1 Å². The van der Waals surface area contributed by atoms with Gasteiger partial charge < -0.3 is 4.18 Å². The lowest BCUT2D eigenvalue weighted by Crippen LogP contribution is -2.14. The third-order valence-corrected chi connectivity index (χ3v) is 3.94. The van der Waals surface area contributed by atoms with Gasteiger partial charge in [-0.1, -0.05) is 17.7 Å². The van der Waals surface area contributed by atoms with E-state index in [1.807, 2.05) is 0 Å². The maximum Gasteiger partial charge on any atom is 0.436 e. The number of alkyl halides is 3. The number of hydrogen-bond acceptors (Lipinski definition) is 5. The van der Waals surface area contributed by atoms with Crippen LogP contribution < -0.4 is 4.18 Å². The fourth-order valence-corrected chi connectivity index (χ4v) is 2.27. The van der Waals surface area contributed by atoms with E-state index in [2.05, 4.69) is 14.3 Å². The van der Waals surface area contributed by atoms with E-state index in [0.29, 0.717) is 4.68 Å². The number of nitrogens with zero attached hydrogens (tertiary/aromatic N) is 3. The number of pyridine rings is 1. The quantitative estimate of drug-likeness (QED) is 0.788. The molecule has 0 saturated heterocycles. The zero-order valence-corrected chi connectivity index (χ0v) is 12.6. The lowest BCUT2D eigenvalue weighted by molar-refractivity contribution is -0.141. The molecule has 0 amide bonds. The Morgan fingerprint density at radius 1 is 1.36 bits per heavy atom. The summed E-state index contributed by atoms with van der Waals surface area (Å²) in [7, 11) is -4.10. The molecular weight excluding hydrogens is 347 g/mol. The van der Waals surface area contributed by atoms with Crippen LogP contribution in [0, 0.1) is 0 Å². The summed E-state index contributed by atoms with van der Waals surface area (Å²) in [6.45, 7) is 1.27. The molecule has 2 rings (SSSR count). The number of halogens is 4. The Morgan fingerprint density at radius 3 is 2.55 bits per heavy atom. The second-order valence-corrected chi connectivity index (χ2v) is 6.23. The Kier molecular flexibility index (Phi) is 4.34. The normalized spacial score (nSPS) is 12.4. The molecule has 2 aromatic heterocycles. The molecule has 0 atom stereocenters. The topological polar surface area (TPSA) is 74.1 Å². The molecule has 0 aliphatic rings. The van der Waals surface area contributed by atoms with Crippen molar-refractivity contribution in [3.8, 4) is 11.7 Å². The van der Waals surface area contributed by atoms with E-state index in [-0.39, 0.29) is 5.82 Å². The maximum atomic E-state index is 12.9. The van der Waals surface area contributed by atoms with Gasteiger partial charge in [0.15, 0.2) is 11.5 Å². The molecule has 0 N–H and O–H groups in total. The number of aromatic nitrogens is 3. The number of rotatable bonds is 4. The average molecular weight is 356 g/mol. The molecule has 0 spiro atoms. The molecule has 6 nitrogen and oxygen atoms in total. The highest BCUT2D eigenvalue weighted by molar-refractivity contribution is 7.87. The fourth-order valence-electron chi connectivity index (χ4n) is 1.45. The van der Waals surface area contributed by atoms with Crippen molar-refractivity contribution >= 4 is 21.7 Å². The van der Waals surface area contributed by atoms with Crippen molar-refractivity contribution in [1.29, 1.82) is 0 Å². The molecule has 11 heteroatoms. The van der Waals surface area contributed by atoms with E-state index in [0.717, 1.165) is 0 Å². The Labute approximate surface area is 128 Å². The van der Waals surface area contributed by atoms with Crippen LogP contribution in [-0.4, -0.2) is 28.9 Å². The first-order valence-electron chi connectivity index (χ1n) is 5.85. The first kappa shape index (κ1) is 16.6. The molecule has 120 valence electrons. The fraction of sp³-hybridized carbons (Fsp3) is 0.273. The summed E-state index contributed by atoms with van der Waals surface area (Å²) in [4.78, 5) is 3.80. The molecule has 22 heavy (non-hydrogen) atoms.